The molecule has 0 bridgehead atoms. The van der Waals surface area contributed by atoms with E-state index in [1.54, 1.807) is 12.1 Å². The quantitative estimate of drug-likeness (QED) is 0.779. The highest BCUT2D eigenvalue weighted by Crippen LogP contribution is 2.20. The van der Waals surface area contributed by atoms with Crippen LogP contribution in [0.15, 0.2) is 47.4 Å². The Kier molecular flexibility index (Phi) is 3.09. The normalized spacial score (nSPS) is 11.2. The molecule has 86 valence electrons. The highest BCUT2D eigenvalue weighted by atomic mass is 32.2. The van der Waals surface area contributed by atoms with Gasteiger partial charge in [0.05, 0.1) is 11.0 Å². The van der Waals surface area contributed by atoms with Crippen molar-refractivity contribution in [2.24, 2.45) is 0 Å². The molecule has 5 heteroatoms. The molecule has 0 N–H and O–H groups in total. The van der Waals surface area contributed by atoms with Crippen molar-refractivity contribution in [3.63, 3.8) is 0 Å². The van der Waals surface area contributed by atoms with E-state index in [-0.39, 0.29) is 4.90 Å². The van der Waals surface area contributed by atoms with Crippen LogP contribution in [0.2, 0.25) is 0 Å². The standard InChI is InChI=1S/C12H9NO3S/c13-7-8-16-17(14,15)12-6-5-10-3-1-2-4-11(10)9-12/h1-6,9H,8H2. The van der Waals surface area contributed by atoms with E-state index in [1.165, 1.54) is 12.1 Å². The molecule has 17 heavy (non-hydrogen) atoms. The second-order valence-corrected chi connectivity index (χ2v) is 5.00. The summed E-state index contributed by atoms with van der Waals surface area (Å²) in [4.78, 5) is 0.0615. The zero-order valence-corrected chi connectivity index (χ0v) is 9.65. The van der Waals surface area contributed by atoms with Gasteiger partial charge in [-0.3, -0.25) is 4.18 Å². The van der Waals surface area contributed by atoms with E-state index in [1.807, 2.05) is 24.3 Å². The van der Waals surface area contributed by atoms with Gasteiger partial charge in [0.2, 0.25) is 0 Å². The van der Waals surface area contributed by atoms with Crippen molar-refractivity contribution >= 4 is 20.9 Å². The largest absolute Gasteiger partial charge is 0.297 e. The molecule has 0 aromatic heterocycles. The molecule has 0 aliphatic rings. The highest BCUT2D eigenvalue weighted by Gasteiger charge is 2.14. The Morgan fingerprint density at radius 3 is 2.53 bits per heavy atom. The van der Waals surface area contributed by atoms with Gasteiger partial charge in [0, 0.05) is 0 Å². The molecule has 0 unspecified atom stereocenters. The van der Waals surface area contributed by atoms with Crippen LogP contribution in [0.5, 0.6) is 0 Å². The van der Waals surface area contributed by atoms with Gasteiger partial charge in [-0.15, -0.1) is 0 Å². The minimum Gasteiger partial charge on any atom is -0.251 e. The average molecular weight is 247 g/mol. The van der Waals surface area contributed by atoms with Gasteiger partial charge in [0.1, 0.15) is 0 Å². The lowest BCUT2D eigenvalue weighted by Gasteiger charge is -2.04. The molecule has 2 aromatic carbocycles. The fourth-order valence-electron chi connectivity index (χ4n) is 1.49. The Morgan fingerprint density at radius 2 is 1.82 bits per heavy atom. The molecule has 2 rings (SSSR count). The minimum absolute atomic E-state index is 0.0615. The number of fused-ring (bicyclic) bond motifs is 1. The van der Waals surface area contributed by atoms with Crippen LogP contribution >= 0.6 is 0 Å². The second-order valence-electron chi connectivity index (χ2n) is 3.38. The van der Waals surface area contributed by atoms with E-state index in [2.05, 4.69) is 4.18 Å². The lowest BCUT2D eigenvalue weighted by Crippen LogP contribution is -2.06. The van der Waals surface area contributed by atoms with E-state index < -0.39 is 16.7 Å². The summed E-state index contributed by atoms with van der Waals surface area (Å²) in [5.74, 6) is 0. The predicted octanol–water partition coefficient (Wildman–Crippen LogP) is 2.07. The van der Waals surface area contributed by atoms with Crippen molar-refractivity contribution in [1.82, 2.24) is 0 Å². The lowest BCUT2D eigenvalue weighted by molar-refractivity contribution is 0.361. The molecule has 4 nitrogen and oxygen atoms in total. The third-order valence-corrected chi connectivity index (χ3v) is 3.55. The molecular formula is C12H9NO3S. The fraction of sp³-hybridized carbons (Fsp3) is 0.0833. The third kappa shape index (κ3) is 2.44. The van der Waals surface area contributed by atoms with E-state index >= 15 is 0 Å². The summed E-state index contributed by atoms with van der Waals surface area (Å²) in [5.41, 5.74) is 0. The van der Waals surface area contributed by atoms with Crippen molar-refractivity contribution in [2.45, 2.75) is 4.90 Å². The van der Waals surface area contributed by atoms with Crippen LogP contribution in [0.1, 0.15) is 0 Å². The van der Waals surface area contributed by atoms with Crippen molar-refractivity contribution in [3.05, 3.63) is 42.5 Å². The maximum Gasteiger partial charge on any atom is 0.297 e. The smallest absolute Gasteiger partial charge is 0.251 e. The number of rotatable bonds is 3. The monoisotopic (exact) mass is 247 g/mol. The van der Waals surface area contributed by atoms with Crippen LogP contribution < -0.4 is 0 Å². The molecule has 0 saturated carbocycles. The number of nitriles is 1. The predicted molar refractivity (Wildman–Crippen MR) is 62.7 cm³/mol. The summed E-state index contributed by atoms with van der Waals surface area (Å²) in [6.45, 7) is -0.477. The highest BCUT2D eigenvalue weighted by molar-refractivity contribution is 7.86. The molecule has 0 aliphatic carbocycles. The van der Waals surface area contributed by atoms with Crippen molar-refractivity contribution < 1.29 is 12.6 Å². The molecule has 0 aliphatic heterocycles. The van der Waals surface area contributed by atoms with Gasteiger partial charge in [0.25, 0.3) is 10.1 Å². The van der Waals surface area contributed by atoms with Gasteiger partial charge in [-0.1, -0.05) is 30.3 Å². The molecule has 0 heterocycles. The molecule has 0 saturated heterocycles. The van der Waals surface area contributed by atoms with Crippen LogP contribution in [-0.2, 0) is 14.3 Å². The van der Waals surface area contributed by atoms with Gasteiger partial charge in [-0.05, 0) is 22.9 Å². The SMILES string of the molecule is N#CCOS(=O)(=O)c1ccc2ccccc2c1. The van der Waals surface area contributed by atoms with E-state index in [4.69, 9.17) is 5.26 Å². The number of benzene rings is 2. The van der Waals surface area contributed by atoms with E-state index in [9.17, 15) is 8.42 Å². The fourth-order valence-corrected chi connectivity index (χ4v) is 2.34. The summed E-state index contributed by atoms with van der Waals surface area (Å²) in [7, 11) is -3.84. The summed E-state index contributed by atoms with van der Waals surface area (Å²) in [6.07, 6.45) is 0. The number of hydrogen-bond donors (Lipinski definition) is 0. The third-order valence-electron chi connectivity index (χ3n) is 2.29. The summed E-state index contributed by atoms with van der Waals surface area (Å²) >= 11 is 0. The Labute approximate surface area is 99.2 Å². The average Bonchev–Trinajstić information content (AvgIpc) is 2.36. The van der Waals surface area contributed by atoms with Crippen LogP contribution in [0.3, 0.4) is 0 Å². The van der Waals surface area contributed by atoms with Gasteiger partial charge < -0.3 is 0 Å². The Hall–Kier alpha value is -1.90. The second kappa shape index (κ2) is 4.53. The van der Waals surface area contributed by atoms with Crippen LogP contribution in [0.4, 0.5) is 0 Å². The Bertz CT molecular complexity index is 686. The maximum atomic E-state index is 11.7. The number of hydrogen-bond acceptors (Lipinski definition) is 4. The van der Waals surface area contributed by atoms with Crippen LogP contribution in [0.25, 0.3) is 10.8 Å². The van der Waals surface area contributed by atoms with E-state index in [0.29, 0.717) is 0 Å². The molecular weight excluding hydrogens is 238 g/mol. The first-order chi connectivity index (χ1) is 8.13. The molecule has 0 spiro atoms. The first kappa shape index (κ1) is 11.6. The van der Waals surface area contributed by atoms with Gasteiger partial charge >= 0.3 is 0 Å². The topological polar surface area (TPSA) is 67.2 Å². The summed E-state index contributed by atoms with van der Waals surface area (Å²) in [6, 6.07) is 13.7. The van der Waals surface area contributed by atoms with Crippen LogP contribution in [0, 0.1) is 11.3 Å². The molecule has 0 atom stereocenters. The van der Waals surface area contributed by atoms with Gasteiger partial charge in [-0.2, -0.15) is 13.7 Å². The zero-order valence-electron chi connectivity index (χ0n) is 8.83. The zero-order chi connectivity index (χ0) is 12.3. The molecule has 2 aromatic rings. The Balaban J connectivity index is 2.47. The first-order valence-electron chi connectivity index (χ1n) is 4.89. The molecule has 0 radical (unpaired) electrons. The van der Waals surface area contributed by atoms with Crippen molar-refractivity contribution in [3.8, 4) is 6.07 Å². The lowest BCUT2D eigenvalue weighted by atomic mass is 10.1. The number of nitrogens with zero attached hydrogens (tertiary/aromatic N) is 1. The Morgan fingerprint density at radius 1 is 1.12 bits per heavy atom. The van der Waals surface area contributed by atoms with Crippen LogP contribution in [-0.4, -0.2) is 15.0 Å². The first-order valence-corrected chi connectivity index (χ1v) is 6.29. The summed E-state index contributed by atoms with van der Waals surface area (Å²) in [5, 5.41) is 10.1. The molecule has 0 amide bonds. The van der Waals surface area contributed by atoms with Crippen molar-refractivity contribution in [2.75, 3.05) is 6.61 Å². The van der Waals surface area contributed by atoms with Crippen molar-refractivity contribution in [1.29, 1.82) is 5.26 Å². The minimum atomic E-state index is -3.84. The van der Waals surface area contributed by atoms with E-state index in [0.717, 1.165) is 10.8 Å². The maximum absolute atomic E-state index is 11.7. The van der Waals surface area contributed by atoms with Gasteiger partial charge in [-0.25, -0.2) is 0 Å². The molecule has 0 fully saturated rings. The summed E-state index contributed by atoms with van der Waals surface area (Å²) < 4.78 is 27.8. The van der Waals surface area contributed by atoms with Gasteiger partial charge in [0.15, 0.2) is 6.61 Å².